The van der Waals surface area contributed by atoms with Gasteiger partial charge in [-0.3, -0.25) is 4.79 Å². The van der Waals surface area contributed by atoms with Gasteiger partial charge in [0.15, 0.2) is 6.29 Å². The molecule has 1 aliphatic rings. The molecule has 0 unspecified atom stereocenters. The van der Waals surface area contributed by atoms with Crippen LogP contribution >= 0.6 is 0 Å². The summed E-state index contributed by atoms with van der Waals surface area (Å²) in [5, 5.41) is 2.87. The van der Waals surface area contributed by atoms with E-state index in [0.29, 0.717) is 17.8 Å². The Labute approximate surface area is 53.2 Å². The monoisotopic (exact) mass is 124 g/mol. The highest BCUT2D eigenvalue weighted by atomic mass is 16.1. The van der Waals surface area contributed by atoms with Gasteiger partial charge in [-0.15, -0.1) is 0 Å². The summed E-state index contributed by atoms with van der Waals surface area (Å²) in [7, 11) is 0. The minimum atomic E-state index is 0.529. The topological polar surface area (TPSA) is 55.1 Å². The lowest BCUT2D eigenvalue weighted by atomic mass is 10.2. The second-order valence-electron chi connectivity index (χ2n) is 1.79. The summed E-state index contributed by atoms with van der Waals surface area (Å²) in [5.74, 6) is 0. The highest BCUT2D eigenvalue weighted by Gasteiger charge is 2.00. The highest BCUT2D eigenvalue weighted by molar-refractivity contribution is 5.79. The maximum Gasteiger partial charge on any atom is 0.153 e. The standard InChI is InChI=1S/C6H8N2O/c7-6-1-2-8-3-5(6)4-9/h1,3-4,8H,2,7H2. The van der Waals surface area contributed by atoms with Crippen molar-refractivity contribution in [2.75, 3.05) is 6.54 Å². The number of hydrogen-bond acceptors (Lipinski definition) is 3. The number of hydrogen-bond donors (Lipinski definition) is 2. The molecule has 0 bridgehead atoms. The Morgan fingerprint density at radius 2 is 2.56 bits per heavy atom. The molecular formula is C6H8N2O. The largest absolute Gasteiger partial charge is 0.398 e. The molecule has 0 radical (unpaired) electrons. The zero-order chi connectivity index (χ0) is 6.69. The van der Waals surface area contributed by atoms with Gasteiger partial charge >= 0.3 is 0 Å². The Morgan fingerprint density at radius 1 is 1.78 bits per heavy atom. The first-order valence-corrected chi connectivity index (χ1v) is 2.69. The van der Waals surface area contributed by atoms with Gasteiger partial charge in [0.1, 0.15) is 0 Å². The van der Waals surface area contributed by atoms with Gasteiger partial charge in [0.05, 0.1) is 5.57 Å². The fourth-order valence-electron chi connectivity index (χ4n) is 0.641. The van der Waals surface area contributed by atoms with Crippen LogP contribution in [0.5, 0.6) is 0 Å². The summed E-state index contributed by atoms with van der Waals surface area (Å²) >= 11 is 0. The third-order valence-electron chi connectivity index (χ3n) is 1.16. The lowest BCUT2D eigenvalue weighted by molar-refractivity contribution is -0.104. The van der Waals surface area contributed by atoms with E-state index in [1.54, 1.807) is 12.3 Å². The average molecular weight is 124 g/mol. The van der Waals surface area contributed by atoms with Gasteiger partial charge in [-0.2, -0.15) is 0 Å². The molecule has 0 spiro atoms. The molecule has 1 aliphatic heterocycles. The normalized spacial score (nSPS) is 17.3. The molecular weight excluding hydrogens is 116 g/mol. The summed E-state index contributed by atoms with van der Waals surface area (Å²) in [6.45, 7) is 0.711. The predicted octanol–water partition coefficient (Wildman–Crippen LogP) is -0.485. The molecule has 0 atom stereocenters. The Balaban J connectivity index is 2.79. The molecule has 0 fully saturated rings. The first-order chi connectivity index (χ1) is 4.34. The summed E-state index contributed by atoms with van der Waals surface area (Å²) in [5.41, 5.74) is 6.50. The van der Waals surface area contributed by atoms with E-state index in [4.69, 9.17) is 5.73 Å². The maximum atomic E-state index is 10.1. The van der Waals surface area contributed by atoms with Crippen molar-refractivity contribution in [1.82, 2.24) is 5.32 Å². The molecule has 0 aromatic carbocycles. The zero-order valence-corrected chi connectivity index (χ0v) is 4.92. The van der Waals surface area contributed by atoms with Crippen LogP contribution in [0, 0.1) is 0 Å². The van der Waals surface area contributed by atoms with Gasteiger partial charge in [0.2, 0.25) is 0 Å². The minimum Gasteiger partial charge on any atom is -0.398 e. The average Bonchev–Trinajstić information content (AvgIpc) is 1.89. The third kappa shape index (κ3) is 1.10. The lowest BCUT2D eigenvalue weighted by Crippen LogP contribution is -2.17. The fourth-order valence-corrected chi connectivity index (χ4v) is 0.641. The third-order valence-corrected chi connectivity index (χ3v) is 1.16. The van der Waals surface area contributed by atoms with Crippen molar-refractivity contribution in [3.8, 4) is 0 Å². The first-order valence-electron chi connectivity index (χ1n) is 2.69. The van der Waals surface area contributed by atoms with Crippen LogP contribution in [-0.2, 0) is 4.79 Å². The Bertz CT molecular complexity index is 181. The van der Waals surface area contributed by atoms with Crippen LogP contribution in [0.4, 0.5) is 0 Å². The van der Waals surface area contributed by atoms with E-state index in [1.165, 1.54) is 0 Å². The molecule has 0 saturated heterocycles. The first kappa shape index (κ1) is 5.88. The van der Waals surface area contributed by atoms with Crippen LogP contribution in [0.15, 0.2) is 23.5 Å². The van der Waals surface area contributed by atoms with Crippen LogP contribution in [0.1, 0.15) is 0 Å². The summed E-state index contributed by atoms with van der Waals surface area (Å²) in [6, 6.07) is 0. The van der Waals surface area contributed by atoms with Gasteiger partial charge in [0.25, 0.3) is 0 Å². The molecule has 1 rings (SSSR count). The molecule has 3 heteroatoms. The molecule has 48 valence electrons. The van der Waals surface area contributed by atoms with Crippen molar-refractivity contribution in [3.05, 3.63) is 23.5 Å². The number of carbonyl (C=O) groups is 1. The molecule has 0 aromatic heterocycles. The molecule has 1 heterocycles. The van der Waals surface area contributed by atoms with Crippen molar-refractivity contribution in [3.63, 3.8) is 0 Å². The SMILES string of the molecule is NC1=CCNC=C1C=O. The van der Waals surface area contributed by atoms with Gasteiger partial charge in [-0.25, -0.2) is 0 Å². The maximum absolute atomic E-state index is 10.1. The van der Waals surface area contributed by atoms with Crippen molar-refractivity contribution in [2.45, 2.75) is 0 Å². The quantitative estimate of drug-likeness (QED) is 0.464. The number of dihydropyridines is 1. The van der Waals surface area contributed by atoms with Crippen molar-refractivity contribution in [2.24, 2.45) is 5.73 Å². The van der Waals surface area contributed by atoms with Crippen molar-refractivity contribution >= 4 is 6.29 Å². The van der Waals surface area contributed by atoms with Crippen LogP contribution in [0.2, 0.25) is 0 Å². The van der Waals surface area contributed by atoms with Crippen molar-refractivity contribution < 1.29 is 4.79 Å². The van der Waals surface area contributed by atoms with Gasteiger partial charge in [-0.1, -0.05) is 0 Å². The van der Waals surface area contributed by atoms with Gasteiger partial charge in [-0.05, 0) is 6.08 Å². The van der Waals surface area contributed by atoms with E-state index in [2.05, 4.69) is 5.32 Å². The van der Waals surface area contributed by atoms with E-state index in [0.717, 1.165) is 6.29 Å². The molecule has 0 saturated carbocycles. The Hall–Kier alpha value is -1.25. The number of aldehydes is 1. The molecule has 9 heavy (non-hydrogen) atoms. The minimum absolute atomic E-state index is 0.529. The number of nitrogens with two attached hydrogens (primary N) is 1. The Morgan fingerprint density at radius 3 is 3.00 bits per heavy atom. The number of nitrogens with one attached hydrogen (secondary N) is 1. The van der Waals surface area contributed by atoms with E-state index < -0.39 is 0 Å². The second-order valence-corrected chi connectivity index (χ2v) is 1.79. The van der Waals surface area contributed by atoms with E-state index >= 15 is 0 Å². The van der Waals surface area contributed by atoms with Crippen LogP contribution in [0.25, 0.3) is 0 Å². The number of carbonyl (C=O) groups excluding carboxylic acids is 1. The lowest BCUT2D eigenvalue weighted by Gasteiger charge is -2.06. The van der Waals surface area contributed by atoms with Gasteiger partial charge in [0, 0.05) is 18.4 Å². The number of rotatable bonds is 1. The van der Waals surface area contributed by atoms with E-state index in [1.807, 2.05) is 0 Å². The van der Waals surface area contributed by atoms with E-state index in [9.17, 15) is 4.79 Å². The molecule has 3 nitrogen and oxygen atoms in total. The predicted molar refractivity (Wildman–Crippen MR) is 34.4 cm³/mol. The van der Waals surface area contributed by atoms with Crippen LogP contribution in [0.3, 0.4) is 0 Å². The Kier molecular flexibility index (Phi) is 1.53. The highest BCUT2D eigenvalue weighted by Crippen LogP contribution is 2.01. The smallest absolute Gasteiger partial charge is 0.153 e. The van der Waals surface area contributed by atoms with Crippen LogP contribution in [-0.4, -0.2) is 12.8 Å². The van der Waals surface area contributed by atoms with E-state index in [-0.39, 0.29) is 0 Å². The molecule has 0 aromatic rings. The molecule has 0 amide bonds. The summed E-state index contributed by atoms with van der Waals surface area (Å²) < 4.78 is 0. The van der Waals surface area contributed by atoms with Gasteiger partial charge < -0.3 is 11.1 Å². The molecule has 0 aliphatic carbocycles. The fraction of sp³-hybridized carbons (Fsp3) is 0.167. The summed E-state index contributed by atoms with van der Waals surface area (Å²) in [4.78, 5) is 10.1. The number of allylic oxidation sites excluding steroid dienone is 1. The molecule has 3 N–H and O–H groups in total. The summed E-state index contributed by atoms with van der Waals surface area (Å²) in [6.07, 6.45) is 4.12. The van der Waals surface area contributed by atoms with Crippen molar-refractivity contribution in [1.29, 1.82) is 0 Å². The van der Waals surface area contributed by atoms with Crippen LogP contribution < -0.4 is 11.1 Å². The second kappa shape index (κ2) is 2.35. The zero-order valence-electron chi connectivity index (χ0n) is 4.92.